The van der Waals surface area contributed by atoms with Crippen LogP contribution >= 0.6 is 0 Å². The second kappa shape index (κ2) is 3.74. The molecule has 1 aliphatic rings. The van der Waals surface area contributed by atoms with Gasteiger partial charge in [0, 0.05) is 6.04 Å². The van der Waals surface area contributed by atoms with E-state index in [2.05, 4.69) is 20.8 Å². The van der Waals surface area contributed by atoms with Crippen LogP contribution in [0, 0.1) is 6.92 Å². The molecule has 0 aromatic carbocycles. The van der Waals surface area contributed by atoms with Crippen molar-refractivity contribution >= 4 is 6.01 Å². The lowest BCUT2D eigenvalue weighted by atomic mass is 10.1. The summed E-state index contributed by atoms with van der Waals surface area (Å²) in [5, 5.41) is 10.2. The molecule has 5 nitrogen and oxygen atoms in total. The molecule has 1 aliphatic heterocycles. The predicted molar refractivity (Wildman–Crippen MR) is 48.5 cm³/mol. The number of nitrogens with zero attached hydrogens (tertiary/aromatic N) is 2. The van der Waals surface area contributed by atoms with E-state index in [4.69, 9.17) is 4.52 Å². The predicted octanol–water partition coefficient (Wildman–Crippen LogP) is 0.542. The van der Waals surface area contributed by atoms with Crippen LogP contribution in [0.1, 0.15) is 18.7 Å². The Labute approximate surface area is 76.9 Å². The van der Waals surface area contributed by atoms with Gasteiger partial charge in [-0.25, -0.2) is 0 Å². The van der Waals surface area contributed by atoms with Gasteiger partial charge in [0.05, 0.1) is 0 Å². The zero-order chi connectivity index (χ0) is 9.10. The molecular formula is C8H14N4O. The van der Waals surface area contributed by atoms with Gasteiger partial charge in [0.1, 0.15) is 0 Å². The number of hydrogen-bond donors (Lipinski definition) is 2. The van der Waals surface area contributed by atoms with E-state index >= 15 is 0 Å². The quantitative estimate of drug-likeness (QED) is 0.699. The molecule has 0 bridgehead atoms. The number of aryl methyl sites for hydroxylation is 1. The van der Waals surface area contributed by atoms with Gasteiger partial charge in [0.15, 0.2) is 5.82 Å². The summed E-state index contributed by atoms with van der Waals surface area (Å²) in [6.07, 6.45) is 2.23. The Balaban J connectivity index is 1.89. The molecule has 2 heterocycles. The molecule has 13 heavy (non-hydrogen) atoms. The monoisotopic (exact) mass is 182 g/mol. The molecule has 0 amide bonds. The van der Waals surface area contributed by atoms with Crippen molar-refractivity contribution in [1.82, 2.24) is 15.5 Å². The van der Waals surface area contributed by atoms with Crippen molar-refractivity contribution in [2.24, 2.45) is 0 Å². The standard InChI is InChI=1S/C8H14N4O/c1-6-10-8(13-12-6)11-7-2-4-9-5-3-7/h7,9H,2-5H2,1H3,(H,10,11,12). The molecule has 1 aromatic heterocycles. The van der Waals surface area contributed by atoms with E-state index in [1.807, 2.05) is 6.92 Å². The van der Waals surface area contributed by atoms with Gasteiger partial charge in [-0.05, 0) is 32.9 Å². The third kappa shape index (κ3) is 2.18. The van der Waals surface area contributed by atoms with E-state index in [0.717, 1.165) is 25.9 Å². The van der Waals surface area contributed by atoms with E-state index in [9.17, 15) is 0 Å². The van der Waals surface area contributed by atoms with Crippen LogP contribution in [0.2, 0.25) is 0 Å². The minimum atomic E-state index is 0.473. The Morgan fingerprint density at radius 2 is 2.23 bits per heavy atom. The van der Waals surface area contributed by atoms with Crippen molar-refractivity contribution in [3.63, 3.8) is 0 Å². The summed E-state index contributed by atoms with van der Waals surface area (Å²) in [6, 6.07) is 1.02. The average molecular weight is 182 g/mol. The highest BCUT2D eigenvalue weighted by molar-refractivity contribution is 5.20. The number of nitrogens with one attached hydrogen (secondary N) is 2. The van der Waals surface area contributed by atoms with E-state index in [1.54, 1.807) is 0 Å². The molecule has 2 N–H and O–H groups in total. The summed E-state index contributed by atoms with van der Waals surface area (Å²) < 4.78 is 4.97. The Morgan fingerprint density at radius 3 is 2.85 bits per heavy atom. The van der Waals surface area contributed by atoms with Crippen LogP contribution in [-0.2, 0) is 0 Å². The van der Waals surface area contributed by atoms with Crippen LogP contribution in [0.5, 0.6) is 0 Å². The summed E-state index contributed by atoms with van der Waals surface area (Å²) in [5.74, 6) is 0.677. The fourth-order valence-corrected chi connectivity index (χ4v) is 1.50. The maximum Gasteiger partial charge on any atom is 0.321 e. The lowest BCUT2D eigenvalue weighted by molar-refractivity contribution is 0.408. The number of aromatic nitrogens is 2. The first-order valence-electron chi connectivity index (χ1n) is 4.62. The summed E-state index contributed by atoms with van der Waals surface area (Å²) in [4.78, 5) is 4.10. The van der Waals surface area contributed by atoms with E-state index < -0.39 is 0 Å². The fraction of sp³-hybridized carbons (Fsp3) is 0.750. The SMILES string of the molecule is Cc1noc(NC2CCNCC2)n1. The second-order valence-electron chi connectivity index (χ2n) is 3.32. The number of hydrogen-bond acceptors (Lipinski definition) is 5. The van der Waals surface area contributed by atoms with Crippen molar-refractivity contribution in [1.29, 1.82) is 0 Å². The fourth-order valence-electron chi connectivity index (χ4n) is 1.50. The van der Waals surface area contributed by atoms with Gasteiger partial charge < -0.3 is 15.2 Å². The minimum absolute atomic E-state index is 0.473. The van der Waals surface area contributed by atoms with Gasteiger partial charge in [-0.2, -0.15) is 4.98 Å². The van der Waals surface area contributed by atoms with Crippen LogP contribution in [0.3, 0.4) is 0 Å². The van der Waals surface area contributed by atoms with Gasteiger partial charge in [-0.1, -0.05) is 5.16 Å². The molecular weight excluding hydrogens is 168 g/mol. The highest BCUT2D eigenvalue weighted by atomic mass is 16.5. The van der Waals surface area contributed by atoms with Gasteiger partial charge in [0.2, 0.25) is 0 Å². The lowest BCUT2D eigenvalue weighted by Crippen LogP contribution is -2.35. The lowest BCUT2D eigenvalue weighted by Gasteiger charge is -2.22. The van der Waals surface area contributed by atoms with E-state index in [1.165, 1.54) is 0 Å². The highest BCUT2D eigenvalue weighted by Crippen LogP contribution is 2.10. The molecule has 1 fully saturated rings. The largest absolute Gasteiger partial charge is 0.335 e. The minimum Gasteiger partial charge on any atom is -0.335 e. The number of piperidine rings is 1. The van der Waals surface area contributed by atoms with Crippen LogP contribution in [0.15, 0.2) is 4.52 Å². The first-order chi connectivity index (χ1) is 6.34. The Bertz CT molecular complexity index is 267. The Kier molecular flexibility index (Phi) is 2.44. The normalized spacial score (nSPS) is 18.8. The molecule has 0 radical (unpaired) electrons. The maximum absolute atomic E-state index is 4.97. The zero-order valence-electron chi connectivity index (χ0n) is 7.71. The highest BCUT2D eigenvalue weighted by Gasteiger charge is 2.14. The van der Waals surface area contributed by atoms with Gasteiger partial charge in [-0.15, -0.1) is 0 Å². The summed E-state index contributed by atoms with van der Waals surface area (Å²) >= 11 is 0. The molecule has 72 valence electrons. The zero-order valence-corrected chi connectivity index (χ0v) is 7.71. The molecule has 0 unspecified atom stereocenters. The summed E-state index contributed by atoms with van der Waals surface area (Å²) in [5.41, 5.74) is 0. The van der Waals surface area contributed by atoms with Crippen LogP contribution in [0.25, 0.3) is 0 Å². The van der Waals surface area contributed by atoms with Crippen molar-refractivity contribution in [2.75, 3.05) is 18.4 Å². The number of anilines is 1. The molecule has 0 saturated carbocycles. The Morgan fingerprint density at radius 1 is 1.46 bits per heavy atom. The van der Waals surface area contributed by atoms with Crippen LogP contribution < -0.4 is 10.6 Å². The maximum atomic E-state index is 4.97. The van der Waals surface area contributed by atoms with E-state index in [-0.39, 0.29) is 0 Å². The van der Waals surface area contributed by atoms with Crippen LogP contribution in [-0.4, -0.2) is 29.3 Å². The summed E-state index contributed by atoms with van der Waals surface area (Å²) in [7, 11) is 0. The molecule has 2 rings (SSSR count). The summed E-state index contributed by atoms with van der Waals surface area (Å²) in [6.45, 7) is 3.94. The van der Waals surface area contributed by atoms with Gasteiger partial charge >= 0.3 is 6.01 Å². The average Bonchev–Trinajstić information content (AvgIpc) is 2.53. The molecule has 1 saturated heterocycles. The molecule has 1 aromatic rings. The first-order valence-corrected chi connectivity index (χ1v) is 4.62. The Hall–Kier alpha value is -1.10. The van der Waals surface area contributed by atoms with Gasteiger partial charge in [-0.3, -0.25) is 0 Å². The third-order valence-electron chi connectivity index (χ3n) is 2.19. The van der Waals surface area contributed by atoms with Crippen molar-refractivity contribution in [2.45, 2.75) is 25.8 Å². The molecule has 0 aliphatic carbocycles. The van der Waals surface area contributed by atoms with Crippen molar-refractivity contribution in [3.05, 3.63) is 5.82 Å². The van der Waals surface area contributed by atoms with Crippen molar-refractivity contribution < 1.29 is 4.52 Å². The van der Waals surface area contributed by atoms with Crippen molar-refractivity contribution in [3.8, 4) is 0 Å². The van der Waals surface area contributed by atoms with Crippen LogP contribution in [0.4, 0.5) is 6.01 Å². The third-order valence-corrected chi connectivity index (χ3v) is 2.19. The topological polar surface area (TPSA) is 63.0 Å². The van der Waals surface area contributed by atoms with Gasteiger partial charge in [0.25, 0.3) is 0 Å². The molecule has 0 atom stereocenters. The first kappa shape index (κ1) is 8.50. The van der Waals surface area contributed by atoms with E-state index in [0.29, 0.717) is 17.9 Å². The molecule has 0 spiro atoms. The second-order valence-corrected chi connectivity index (χ2v) is 3.32. The smallest absolute Gasteiger partial charge is 0.321 e. The number of rotatable bonds is 2. The molecule has 5 heteroatoms.